The molecule has 0 N–H and O–H groups in total. The predicted molar refractivity (Wildman–Crippen MR) is 116 cm³/mol. The van der Waals surface area contributed by atoms with Crippen LogP contribution in [0.15, 0.2) is 12.2 Å². The van der Waals surface area contributed by atoms with Gasteiger partial charge in [-0.25, -0.2) is 0 Å². The summed E-state index contributed by atoms with van der Waals surface area (Å²) in [6.07, 6.45) is 9.94. The molecule has 172 valence electrons. The van der Waals surface area contributed by atoms with E-state index in [2.05, 4.69) is 26.8 Å². The predicted octanol–water partition coefficient (Wildman–Crippen LogP) is 4.34. The monoisotopic (exact) mass is 430 g/mol. The van der Waals surface area contributed by atoms with E-state index in [9.17, 15) is 9.59 Å². The van der Waals surface area contributed by atoms with Crippen LogP contribution >= 0.6 is 0 Å². The first-order valence-corrected chi connectivity index (χ1v) is 12.3. The zero-order chi connectivity index (χ0) is 22.2. The van der Waals surface area contributed by atoms with Crippen LogP contribution in [0.5, 0.6) is 0 Å². The lowest BCUT2D eigenvalue weighted by Crippen LogP contribution is -2.63. The maximum atomic E-state index is 12.9. The molecule has 0 radical (unpaired) electrons. The fourth-order valence-corrected chi connectivity index (χ4v) is 8.91. The van der Waals surface area contributed by atoms with Crippen LogP contribution in [0.25, 0.3) is 0 Å². The molecule has 0 aromatic carbocycles. The molecule has 10 atom stereocenters. The summed E-state index contributed by atoms with van der Waals surface area (Å²) in [5, 5.41) is 0. The average Bonchev–Trinajstić information content (AvgIpc) is 3.00. The highest BCUT2D eigenvalue weighted by Crippen LogP contribution is 2.68. The van der Waals surface area contributed by atoms with Crippen molar-refractivity contribution in [3.05, 3.63) is 12.2 Å². The Morgan fingerprint density at radius 3 is 2.42 bits per heavy atom. The zero-order valence-corrected chi connectivity index (χ0v) is 19.7. The van der Waals surface area contributed by atoms with Crippen molar-refractivity contribution in [2.24, 2.45) is 40.4 Å². The summed E-state index contributed by atoms with van der Waals surface area (Å²) in [5.41, 5.74) is -1.26. The Bertz CT molecular complexity index is 806. The van der Waals surface area contributed by atoms with Gasteiger partial charge in [0.2, 0.25) is 0 Å². The Labute approximate surface area is 186 Å². The number of rotatable bonds is 2. The minimum atomic E-state index is -1.12. The van der Waals surface area contributed by atoms with Crippen LogP contribution in [-0.2, 0) is 23.8 Å². The molecule has 5 aliphatic rings. The van der Waals surface area contributed by atoms with Crippen LogP contribution in [0, 0.1) is 40.4 Å². The largest absolute Gasteiger partial charge is 0.446 e. The summed E-state index contributed by atoms with van der Waals surface area (Å²) in [6.45, 7) is 11.5. The molecule has 0 spiro atoms. The van der Waals surface area contributed by atoms with Gasteiger partial charge in [-0.15, -0.1) is 0 Å². The van der Waals surface area contributed by atoms with Gasteiger partial charge < -0.3 is 14.2 Å². The highest BCUT2D eigenvalue weighted by molar-refractivity contribution is 5.91. The molecule has 5 heteroatoms. The minimum Gasteiger partial charge on any atom is -0.446 e. The first kappa shape index (κ1) is 21.6. The van der Waals surface area contributed by atoms with Crippen molar-refractivity contribution in [1.29, 1.82) is 0 Å². The molecule has 0 aromatic heterocycles. The van der Waals surface area contributed by atoms with Gasteiger partial charge in [0.15, 0.2) is 11.4 Å². The van der Waals surface area contributed by atoms with E-state index < -0.39 is 5.60 Å². The molecule has 0 amide bonds. The normalized spacial score (nSPS) is 53.0. The van der Waals surface area contributed by atoms with Crippen molar-refractivity contribution in [3.8, 4) is 0 Å². The van der Waals surface area contributed by atoms with Crippen molar-refractivity contribution in [1.82, 2.24) is 0 Å². The molecule has 1 aliphatic heterocycles. The van der Waals surface area contributed by atoms with Crippen molar-refractivity contribution in [2.75, 3.05) is 13.2 Å². The second kappa shape index (κ2) is 7.15. The first-order valence-electron chi connectivity index (χ1n) is 12.3. The molecule has 1 heterocycles. The molecule has 3 saturated carbocycles. The molecule has 4 fully saturated rings. The Balaban J connectivity index is 1.48. The lowest BCUT2D eigenvalue weighted by Gasteiger charge is -2.64. The van der Waals surface area contributed by atoms with Gasteiger partial charge in [0.1, 0.15) is 0 Å². The Morgan fingerprint density at radius 1 is 1.03 bits per heavy atom. The van der Waals surface area contributed by atoms with Crippen LogP contribution < -0.4 is 0 Å². The molecule has 1 saturated heterocycles. The van der Waals surface area contributed by atoms with Crippen LogP contribution in [-0.4, -0.2) is 42.8 Å². The highest BCUT2D eigenvalue weighted by atomic mass is 16.6. The van der Waals surface area contributed by atoms with E-state index in [1.165, 1.54) is 13.3 Å². The molecule has 5 rings (SSSR count). The Hall–Kier alpha value is -1.20. The van der Waals surface area contributed by atoms with Crippen LogP contribution in [0.4, 0.5) is 0 Å². The number of ether oxygens (including phenoxy) is 3. The van der Waals surface area contributed by atoms with E-state index in [0.717, 1.165) is 32.3 Å². The molecule has 4 unspecified atom stereocenters. The zero-order valence-electron chi connectivity index (χ0n) is 19.7. The third kappa shape index (κ3) is 2.88. The Kier molecular flexibility index (Phi) is 4.99. The third-order valence-corrected chi connectivity index (χ3v) is 10.2. The number of Topliss-reactive ketones (excluding diaryl/α,β-unsaturated/α-hetero) is 1. The van der Waals surface area contributed by atoms with Crippen molar-refractivity contribution in [3.63, 3.8) is 0 Å². The van der Waals surface area contributed by atoms with Gasteiger partial charge >= 0.3 is 5.97 Å². The van der Waals surface area contributed by atoms with Crippen LogP contribution in [0.1, 0.15) is 66.7 Å². The standard InChI is InChI=1S/C26H38O5/c1-15-12-18-19(24(4)14-23-22(13-21(15)24)29-10-11-30-23)6-8-25(5)20(18)7-9-26(25,16(2)27)31-17(3)28/h7,9,15,18-23H,6,8,10-14H2,1-5H3/t15?,18-,19+,20+,21?,22?,23?,24-,25+,26+/m1/s1. The number of fused-ring (bicyclic) bond motifs is 6. The lowest BCUT2D eigenvalue weighted by atomic mass is 9.42. The lowest BCUT2D eigenvalue weighted by molar-refractivity contribution is -0.227. The summed E-state index contributed by atoms with van der Waals surface area (Å²) >= 11 is 0. The van der Waals surface area contributed by atoms with Gasteiger partial charge in [0.05, 0.1) is 25.4 Å². The number of hydrogen-bond donors (Lipinski definition) is 0. The maximum Gasteiger partial charge on any atom is 0.303 e. The van der Waals surface area contributed by atoms with Crippen molar-refractivity contribution >= 4 is 11.8 Å². The van der Waals surface area contributed by atoms with Crippen molar-refractivity contribution in [2.45, 2.75) is 84.5 Å². The smallest absolute Gasteiger partial charge is 0.303 e. The molecular weight excluding hydrogens is 392 g/mol. The van der Waals surface area contributed by atoms with E-state index in [1.807, 2.05) is 6.08 Å². The first-order chi connectivity index (χ1) is 14.6. The number of hydrogen-bond acceptors (Lipinski definition) is 5. The van der Waals surface area contributed by atoms with E-state index in [0.29, 0.717) is 30.3 Å². The van der Waals surface area contributed by atoms with Gasteiger partial charge in [-0.2, -0.15) is 0 Å². The average molecular weight is 431 g/mol. The number of allylic oxidation sites excluding steroid dienone is 1. The SMILES string of the molecule is CC(=O)O[C@]1(C(C)=O)C=C[C@H]2[C@@H]3CC(C)C4CC5OCCOC5C[C@]4(C)[C@H]3CC[C@@]21C. The summed E-state index contributed by atoms with van der Waals surface area (Å²) in [5.74, 6) is 2.19. The second-order valence-corrected chi connectivity index (χ2v) is 11.6. The quantitative estimate of drug-likeness (QED) is 0.482. The highest BCUT2D eigenvalue weighted by Gasteiger charge is 2.67. The van der Waals surface area contributed by atoms with Gasteiger partial charge in [0, 0.05) is 12.3 Å². The van der Waals surface area contributed by atoms with E-state index in [4.69, 9.17) is 14.2 Å². The van der Waals surface area contributed by atoms with Gasteiger partial charge in [-0.05, 0) is 80.1 Å². The number of carbonyl (C=O) groups excluding carboxylic acids is 2. The maximum absolute atomic E-state index is 12.9. The number of carbonyl (C=O) groups is 2. The summed E-state index contributed by atoms with van der Waals surface area (Å²) in [7, 11) is 0. The third-order valence-electron chi connectivity index (χ3n) is 10.2. The number of esters is 1. The minimum absolute atomic E-state index is 0.0522. The van der Waals surface area contributed by atoms with Crippen LogP contribution in [0.3, 0.4) is 0 Å². The van der Waals surface area contributed by atoms with Gasteiger partial charge in [-0.1, -0.05) is 26.8 Å². The second-order valence-electron chi connectivity index (χ2n) is 11.6. The molecule has 4 aliphatic carbocycles. The van der Waals surface area contributed by atoms with E-state index >= 15 is 0 Å². The Morgan fingerprint density at radius 2 is 1.74 bits per heavy atom. The van der Waals surface area contributed by atoms with Crippen LogP contribution in [0.2, 0.25) is 0 Å². The molecule has 5 nitrogen and oxygen atoms in total. The van der Waals surface area contributed by atoms with Crippen molar-refractivity contribution < 1.29 is 23.8 Å². The molecule has 31 heavy (non-hydrogen) atoms. The summed E-state index contributed by atoms with van der Waals surface area (Å²) in [6, 6.07) is 0. The van der Waals surface area contributed by atoms with Gasteiger partial charge in [0.25, 0.3) is 0 Å². The van der Waals surface area contributed by atoms with E-state index in [-0.39, 0.29) is 40.7 Å². The fourth-order valence-electron chi connectivity index (χ4n) is 8.91. The number of ketones is 1. The summed E-state index contributed by atoms with van der Waals surface area (Å²) in [4.78, 5) is 24.9. The fraction of sp³-hybridized carbons (Fsp3) is 0.846. The summed E-state index contributed by atoms with van der Waals surface area (Å²) < 4.78 is 18.1. The van der Waals surface area contributed by atoms with Gasteiger partial charge in [-0.3, -0.25) is 9.59 Å². The molecule has 0 aromatic rings. The molecule has 0 bridgehead atoms. The molecular formula is C26H38O5. The van der Waals surface area contributed by atoms with E-state index in [1.54, 1.807) is 6.92 Å². The topological polar surface area (TPSA) is 61.8 Å².